The van der Waals surface area contributed by atoms with Gasteiger partial charge in [0.1, 0.15) is 0 Å². The molecule has 2 atom stereocenters. The van der Waals surface area contributed by atoms with E-state index in [-0.39, 0.29) is 11.8 Å². The van der Waals surface area contributed by atoms with Gasteiger partial charge in [0.05, 0.1) is 19.2 Å². The lowest BCUT2D eigenvalue weighted by molar-refractivity contribution is 0.193. The molecule has 24 heavy (non-hydrogen) atoms. The molecule has 122 valence electrons. The van der Waals surface area contributed by atoms with Crippen LogP contribution in [0.1, 0.15) is 36.6 Å². The predicted octanol–water partition coefficient (Wildman–Crippen LogP) is 3.79. The van der Waals surface area contributed by atoms with Crippen molar-refractivity contribution < 1.29 is 9.84 Å². The smallest absolute Gasteiger partial charge is 0.164 e. The molecular formula is C19H19N3O2. The predicted molar refractivity (Wildman–Crippen MR) is 91.8 cm³/mol. The van der Waals surface area contributed by atoms with Gasteiger partial charge in [0.25, 0.3) is 0 Å². The molecule has 0 fully saturated rings. The second-order valence-electron chi connectivity index (χ2n) is 5.78. The number of nitrogens with zero attached hydrogens (tertiary/aromatic N) is 3. The van der Waals surface area contributed by atoms with Crippen molar-refractivity contribution in [1.29, 1.82) is 5.26 Å². The Hall–Kier alpha value is -3.00. The van der Waals surface area contributed by atoms with Gasteiger partial charge in [-0.3, -0.25) is 5.01 Å². The van der Waals surface area contributed by atoms with Gasteiger partial charge in [0.15, 0.2) is 17.5 Å². The summed E-state index contributed by atoms with van der Waals surface area (Å²) in [6.07, 6.45) is 0.757. The molecule has 0 saturated heterocycles. The van der Waals surface area contributed by atoms with Crippen LogP contribution < -0.4 is 4.74 Å². The van der Waals surface area contributed by atoms with Crippen molar-refractivity contribution >= 4 is 5.71 Å². The van der Waals surface area contributed by atoms with E-state index in [1.54, 1.807) is 23.2 Å². The topological polar surface area (TPSA) is 68.8 Å². The number of para-hydroxylation sites is 1. The van der Waals surface area contributed by atoms with Gasteiger partial charge >= 0.3 is 0 Å². The molecule has 0 spiro atoms. The number of benzene rings is 2. The maximum Gasteiger partial charge on any atom is 0.164 e. The van der Waals surface area contributed by atoms with Gasteiger partial charge < -0.3 is 9.84 Å². The average molecular weight is 321 g/mol. The molecule has 0 bridgehead atoms. The van der Waals surface area contributed by atoms with Crippen molar-refractivity contribution in [3.8, 4) is 17.6 Å². The number of nitriles is 1. The van der Waals surface area contributed by atoms with E-state index in [1.165, 1.54) is 7.11 Å². The minimum Gasteiger partial charge on any atom is -0.504 e. The fraction of sp³-hybridized carbons (Fsp3) is 0.263. The van der Waals surface area contributed by atoms with Crippen LogP contribution in [0.4, 0.5) is 0 Å². The average Bonchev–Trinajstić information content (AvgIpc) is 2.99. The Morgan fingerprint density at radius 1 is 1.25 bits per heavy atom. The fourth-order valence-electron chi connectivity index (χ4n) is 3.06. The number of hydrogen-bond donors (Lipinski definition) is 1. The summed E-state index contributed by atoms with van der Waals surface area (Å²) in [6, 6.07) is 16.7. The van der Waals surface area contributed by atoms with E-state index < -0.39 is 6.04 Å². The summed E-state index contributed by atoms with van der Waals surface area (Å²) in [6.45, 7) is 1.95. The molecule has 1 aliphatic rings. The molecule has 0 aliphatic carbocycles. The number of ether oxygens (including phenoxy) is 1. The third-order valence-corrected chi connectivity index (χ3v) is 4.21. The molecule has 3 rings (SSSR count). The van der Waals surface area contributed by atoms with Gasteiger partial charge in [0, 0.05) is 17.7 Å². The van der Waals surface area contributed by atoms with Crippen LogP contribution in [0.2, 0.25) is 0 Å². The van der Waals surface area contributed by atoms with Gasteiger partial charge in [-0.1, -0.05) is 42.5 Å². The first kappa shape index (κ1) is 15.9. The lowest BCUT2D eigenvalue weighted by Gasteiger charge is -2.29. The van der Waals surface area contributed by atoms with E-state index in [0.717, 1.165) is 17.7 Å². The normalized spacial score (nSPS) is 18.0. The second-order valence-corrected chi connectivity index (χ2v) is 5.78. The first-order valence-corrected chi connectivity index (χ1v) is 7.78. The highest BCUT2D eigenvalue weighted by Crippen LogP contribution is 2.42. The number of phenols is 1. The second kappa shape index (κ2) is 6.63. The van der Waals surface area contributed by atoms with Crippen molar-refractivity contribution in [2.75, 3.05) is 7.11 Å². The van der Waals surface area contributed by atoms with Crippen LogP contribution in [-0.2, 0) is 0 Å². The quantitative estimate of drug-likeness (QED) is 0.930. The molecular weight excluding hydrogens is 302 g/mol. The summed E-state index contributed by atoms with van der Waals surface area (Å²) in [5.74, 6) is 0.335. The van der Waals surface area contributed by atoms with Gasteiger partial charge in [-0.15, -0.1) is 0 Å². The molecule has 5 nitrogen and oxygen atoms in total. The Morgan fingerprint density at radius 2 is 2.00 bits per heavy atom. The van der Waals surface area contributed by atoms with Crippen molar-refractivity contribution in [3.05, 3.63) is 59.7 Å². The number of aromatic hydroxyl groups is 1. The number of methoxy groups -OCH3 is 1. The number of hydrogen-bond acceptors (Lipinski definition) is 5. The standard InChI is InChI=1S/C19H19N3O2/c1-13-11-16(14-7-4-3-5-8-14)22(21-13)17(12-20)15-9-6-10-18(24-2)19(15)23/h3-10,16-17,23H,11H2,1-2H3/t16-,17-/m1/s1. The molecule has 2 aromatic rings. The molecule has 0 amide bonds. The number of hydrazone groups is 1. The summed E-state index contributed by atoms with van der Waals surface area (Å²) in [5.41, 5.74) is 2.56. The lowest BCUT2D eigenvalue weighted by atomic mass is 9.99. The van der Waals surface area contributed by atoms with E-state index in [1.807, 2.05) is 37.3 Å². The van der Waals surface area contributed by atoms with Crippen LogP contribution in [0, 0.1) is 11.3 Å². The van der Waals surface area contributed by atoms with Crippen molar-refractivity contribution in [2.45, 2.75) is 25.4 Å². The highest BCUT2D eigenvalue weighted by atomic mass is 16.5. The fourth-order valence-corrected chi connectivity index (χ4v) is 3.06. The van der Waals surface area contributed by atoms with Gasteiger partial charge in [0.2, 0.25) is 0 Å². The van der Waals surface area contributed by atoms with Crippen LogP contribution in [-0.4, -0.2) is 22.9 Å². The monoisotopic (exact) mass is 321 g/mol. The summed E-state index contributed by atoms with van der Waals surface area (Å²) in [7, 11) is 1.49. The van der Waals surface area contributed by atoms with Crippen molar-refractivity contribution in [1.82, 2.24) is 5.01 Å². The Morgan fingerprint density at radius 3 is 2.67 bits per heavy atom. The van der Waals surface area contributed by atoms with Crippen LogP contribution in [0.15, 0.2) is 53.6 Å². The molecule has 0 radical (unpaired) electrons. The zero-order valence-corrected chi connectivity index (χ0v) is 13.7. The third-order valence-electron chi connectivity index (χ3n) is 4.21. The van der Waals surface area contributed by atoms with Crippen LogP contribution in [0.5, 0.6) is 11.5 Å². The minimum atomic E-state index is -0.692. The first-order chi connectivity index (χ1) is 11.7. The van der Waals surface area contributed by atoms with Gasteiger partial charge in [-0.05, 0) is 18.6 Å². The first-order valence-electron chi connectivity index (χ1n) is 7.78. The van der Waals surface area contributed by atoms with Crippen LogP contribution in [0.3, 0.4) is 0 Å². The molecule has 0 aromatic heterocycles. The van der Waals surface area contributed by atoms with Crippen molar-refractivity contribution in [3.63, 3.8) is 0 Å². The minimum absolute atomic E-state index is 0.0156. The molecule has 1 aliphatic heterocycles. The summed E-state index contributed by atoms with van der Waals surface area (Å²) < 4.78 is 5.16. The van der Waals surface area contributed by atoms with Gasteiger partial charge in [-0.25, -0.2) is 0 Å². The number of phenolic OH excluding ortho intramolecular Hbond substituents is 1. The highest BCUT2D eigenvalue weighted by Gasteiger charge is 2.34. The van der Waals surface area contributed by atoms with E-state index in [9.17, 15) is 10.4 Å². The SMILES string of the molecule is COc1cccc([C@@H](C#N)N2N=C(C)C[C@@H]2c2ccccc2)c1O. The van der Waals surface area contributed by atoms with Crippen LogP contribution >= 0.6 is 0 Å². The van der Waals surface area contributed by atoms with E-state index >= 15 is 0 Å². The molecule has 1 N–H and O–H groups in total. The summed E-state index contributed by atoms with van der Waals surface area (Å²) in [4.78, 5) is 0. The summed E-state index contributed by atoms with van der Waals surface area (Å²) in [5, 5.41) is 26.5. The molecule has 0 saturated carbocycles. The van der Waals surface area contributed by atoms with E-state index in [2.05, 4.69) is 11.2 Å². The molecule has 0 unspecified atom stereocenters. The van der Waals surface area contributed by atoms with Crippen LogP contribution in [0.25, 0.3) is 0 Å². The zero-order chi connectivity index (χ0) is 17.1. The van der Waals surface area contributed by atoms with E-state index in [4.69, 9.17) is 4.74 Å². The lowest BCUT2D eigenvalue weighted by Crippen LogP contribution is -2.24. The number of rotatable bonds is 4. The summed E-state index contributed by atoms with van der Waals surface area (Å²) >= 11 is 0. The largest absolute Gasteiger partial charge is 0.504 e. The highest BCUT2D eigenvalue weighted by molar-refractivity contribution is 5.84. The Bertz CT molecular complexity index is 796. The molecule has 2 aromatic carbocycles. The van der Waals surface area contributed by atoms with Gasteiger partial charge in [-0.2, -0.15) is 10.4 Å². The Balaban J connectivity index is 2.02. The Labute approximate surface area is 141 Å². The molecule has 5 heteroatoms. The van der Waals surface area contributed by atoms with Crippen molar-refractivity contribution in [2.24, 2.45) is 5.10 Å². The maximum atomic E-state index is 10.4. The third kappa shape index (κ3) is 2.79. The maximum absolute atomic E-state index is 10.4. The molecule has 1 heterocycles. The Kier molecular flexibility index (Phi) is 4.39. The van der Waals surface area contributed by atoms with E-state index in [0.29, 0.717) is 11.3 Å². The zero-order valence-electron chi connectivity index (χ0n) is 13.7.